The molecule has 3 aromatic carbocycles. The van der Waals surface area contributed by atoms with E-state index in [0.717, 1.165) is 15.6 Å². The molecule has 0 spiro atoms. The molecule has 4 rings (SSSR count). The van der Waals surface area contributed by atoms with Crippen molar-refractivity contribution in [3.8, 4) is 23.0 Å². The fraction of sp³-hybridized carbons (Fsp3) is 0.0800. The van der Waals surface area contributed by atoms with Gasteiger partial charge in [-0.05, 0) is 48.9 Å². The Balaban J connectivity index is 1.39. The van der Waals surface area contributed by atoms with Crippen molar-refractivity contribution < 1.29 is 9.53 Å². The molecule has 1 amide bonds. The Hall–Kier alpha value is -3.51. The Morgan fingerprint density at radius 3 is 2.35 bits per heavy atom. The molecule has 6 heteroatoms. The maximum atomic E-state index is 12.4. The summed E-state index contributed by atoms with van der Waals surface area (Å²) in [4.78, 5) is 21.2. The van der Waals surface area contributed by atoms with Gasteiger partial charge < -0.3 is 10.1 Å². The minimum Gasteiger partial charge on any atom is -0.439 e. The van der Waals surface area contributed by atoms with Crippen molar-refractivity contribution in [1.82, 2.24) is 15.3 Å². The van der Waals surface area contributed by atoms with Crippen LogP contribution in [0.2, 0.25) is 0 Å². The summed E-state index contributed by atoms with van der Waals surface area (Å²) in [6.07, 6.45) is 1.67. The summed E-state index contributed by atoms with van der Waals surface area (Å²) in [5.74, 6) is 1.50. The molecule has 0 bridgehead atoms. The second-order valence-electron chi connectivity index (χ2n) is 7.02. The van der Waals surface area contributed by atoms with Crippen molar-refractivity contribution in [2.45, 2.75) is 13.5 Å². The molecule has 0 unspecified atom stereocenters. The summed E-state index contributed by atoms with van der Waals surface area (Å²) < 4.78 is 6.86. The van der Waals surface area contributed by atoms with Gasteiger partial charge in [-0.3, -0.25) is 4.79 Å². The third kappa shape index (κ3) is 5.55. The van der Waals surface area contributed by atoms with Crippen molar-refractivity contribution in [3.05, 3.63) is 106 Å². The lowest BCUT2D eigenvalue weighted by Crippen LogP contribution is -2.22. The van der Waals surface area contributed by atoms with Crippen LogP contribution in [0.4, 0.5) is 0 Å². The Bertz CT molecular complexity index is 1170. The largest absolute Gasteiger partial charge is 0.439 e. The van der Waals surface area contributed by atoms with E-state index in [0.29, 0.717) is 29.6 Å². The number of benzene rings is 3. The molecule has 31 heavy (non-hydrogen) atoms. The first-order valence-electron chi connectivity index (χ1n) is 9.77. The highest BCUT2D eigenvalue weighted by atomic mass is 79.9. The smallest absolute Gasteiger partial charge is 0.251 e. The second-order valence-corrected chi connectivity index (χ2v) is 7.94. The number of aromatic nitrogens is 2. The minimum absolute atomic E-state index is 0.141. The summed E-state index contributed by atoms with van der Waals surface area (Å²) in [7, 11) is 0. The molecule has 154 valence electrons. The number of nitrogens with one attached hydrogen (secondary N) is 1. The average Bonchev–Trinajstić information content (AvgIpc) is 2.80. The van der Waals surface area contributed by atoms with Crippen LogP contribution in [0.15, 0.2) is 89.5 Å². The Morgan fingerprint density at radius 2 is 1.65 bits per heavy atom. The third-order valence-corrected chi connectivity index (χ3v) is 5.17. The molecule has 5 nitrogen and oxygen atoms in total. The summed E-state index contributed by atoms with van der Waals surface area (Å²) >= 11 is 3.40. The van der Waals surface area contributed by atoms with Crippen molar-refractivity contribution in [2.24, 2.45) is 0 Å². The van der Waals surface area contributed by atoms with Gasteiger partial charge in [0.05, 0.1) is 0 Å². The van der Waals surface area contributed by atoms with E-state index in [-0.39, 0.29) is 5.91 Å². The number of ether oxygens (including phenoxy) is 1. The van der Waals surface area contributed by atoms with E-state index in [9.17, 15) is 4.79 Å². The van der Waals surface area contributed by atoms with Crippen LogP contribution >= 0.6 is 15.9 Å². The van der Waals surface area contributed by atoms with Crippen LogP contribution in [-0.2, 0) is 6.54 Å². The number of carbonyl (C=O) groups is 1. The molecule has 0 saturated heterocycles. The molecule has 0 fully saturated rings. The van der Waals surface area contributed by atoms with Gasteiger partial charge in [-0.15, -0.1) is 0 Å². The number of hydrogen-bond acceptors (Lipinski definition) is 4. The molecule has 1 aromatic heterocycles. The van der Waals surface area contributed by atoms with Crippen LogP contribution in [0, 0.1) is 6.92 Å². The van der Waals surface area contributed by atoms with Gasteiger partial charge in [0.25, 0.3) is 5.91 Å². The quantitative estimate of drug-likeness (QED) is 0.376. The molecular formula is C25H20BrN3O2. The molecule has 0 radical (unpaired) electrons. The van der Waals surface area contributed by atoms with Gasteiger partial charge >= 0.3 is 0 Å². The van der Waals surface area contributed by atoms with Gasteiger partial charge in [0.1, 0.15) is 5.75 Å². The highest BCUT2D eigenvalue weighted by Crippen LogP contribution is 2.23. The topological polar surface area (TPSA) is 64.1 Å². The van der Waals surface area contributed by atoms with E-state index in [1.165, 1.54) is 5.56 Å². The van der Waals surface area contributed by atoms with Gasteiger partial charge in [-0.25, -0.2) is 4.98 Å². The van der Waals surface area contributed by atoms with E-state index in [1.807, 2.05) is 55.5 Å². The number of carbonyl (C=O) groups excluding carboxylic acids is 1. The molecule has 0 atom stereocenters. The molecule has 0 saturated carbocycles. The molecule has 1 heterocycles. The predicted molar refractivity (Wildman–Crippen MR) is 124 cm³/mol. The fourth-order valence-electron chi connectivity index (χ4n) is 2.92. The lowest BCUT2D eigenvalue weighted by atomic mass is 10.1. The number of aryl methyl sites for hydroxylation is 1. The summed E-state index contributed by atoms with van der Waals surface area (Å²) in [5, 5.41) is 2.92. The molecule has 0 aliphatic rings. The van der Waals surface area contributed by atoms with Gasteiger partial charge in [-0.2, -0.15) is 4.98 Å². The van der Waals surface area contributed by atoms with Gasteiger partial charge in [0.15, 0.2) is 5.82 Å². The van der Waals surface area contributed by atoms with Crippen molar-refractivity contribution >= 4 is 21.8 Å². The molecule has 0 aliphatic heterocycles. The molecule has 1 N–H and O–H groups in total. The monoisotopic (exact) mass is 473 g/mol. The van der Waals surface area contributed by atoms with E-state index < -0.39 is 0 Å². The molecule has 0 aliphatic carbocycles. The number of amides is 1. The predicted octanol–water partition coefficient (Wildman–Crippen LogP) is 5.94. The maximum absolute atomic E-state index is 12.4. The minimum atomic E-state index is -0.141. The second kappa shape index (κ2) is 9.53. The zero-order valence-corrected chi connectivity index (χ0v) is 18.5. The number of hydrogen-bond donors (Lipinski definition) is 1. The Labute approximate surface area is 189 Å². The first-order chi connectivity index (χ1) is 15.1. The van der Waals surface area contributed by atoms with E-state index >= 15 is 0 Å². The van der Waals surface area contributed by atoms with Crippen molar-refractivity contribution in [1.29, 1.82) is 0 Å². The Morgan fingerprint density at radius 1 is 0.935 bits per heavy atom. The number of nitrogens with zero attached hydrogens (tertiary/aromatic N) is 2. The summed E-state index contributed by atoms with van der Waals surface area (Å²) in [6, 6.07) is 24.5. The average molecular weight is 474 g/mol. The van der Waals surface area contributed by atoms with Gasteiger partial charge in [0, 0.05) is 34.4 Å². The van der Waals surface area contributed by atoms with Crippen molar-refractivity contribution in [2.75, 3.05) is 0 Å². The zero-order valence-electron chi connectivity index (χ0n) is 16.9. The van der Waals surface area contributed by atoms with Gasteiger partial charge in [-0.1, -0.05) is 57.9 Å². The maximum Gasteiger partial charge on any atom is 0.251 e. The molecular weight excluding hydrogens is 454 g/mol. The summed E-state index contributed by atoms with van der Waals surface area (Å²) in [6.45, 7) is 2.50. The van der Waals surface area contributed by atoms with E-state index in [2.05, 4.69) is 31.2 Å². The first-order valence-corrected chi connectivity index (χ1v) is 10.6. The highest BCUT2D eigenvalue weighted by Gasteiger charge is 2.08. The van der Waals surface area contributed by atoms with Crippen LogP contribution in [0.25, 0.3) is 11.4 Å². The molecule has 4 aromatic rings. The number of halogens is 1. The SMILES string of the molecule is Cc1ccc(-c2nccc(Oc3ccc(C(=O)NCc4ccc(Br)cc4)cc3)n2)cc1. The van der Waals surface area contributed by atoms with Crippen LogP contribution in [0.1, 0.15) is 21.5 Å². The summed E-state index contributed by atoms with van der Waals surface area (Å²) in [5.41, 5.74) is 3.70. The number of rotatable bonds is 6. The van der Waals surface area contributed by atoms with E-state index in [4.69, 9.17) is 4.74 Å². The zero-order chi connectivity index (χ0) is 21.6. The lowest BCUT2D eigenvalue weighted by Gasteiger charge is -2.08. The van der Waals surface area contributed by atoms with Crippen LogP contribution in [-0.4, -0.2) is 15.9 Å². The highest BCUT2D eigenvalue weighted by molar-refractivity contribution is 9.10. The van der Waals surface area contributed by atoms with Gasteiger partial charge in [0.2, 0.25) is 5.88 Å². The normalized spacial score (nSPS) is 10.5. The third-order valence-electron chi connectivity index (χ3n) is 4.65. The van der Waals surface area contributed by atoms with Crippen molar-refractivity contribution in [3.63, 3.8) is 0 Å². The first kappa shape index (κ1) is 20.8. The standard InChI is InChI=1S/C25H20BrN3O2/c1-17-2-6-19(7-3-17)24-27-15-14-23(29-24)31-22-12-8-20(9-13-22)25(30)28-16-18-4-10-21(26)11-5-18/h2-15H,16H2,1H3,(H,28,30). The van der Waals surface area contributed by atoms with Crippen LogP contribution in [0.5, 0.6) is 11.6 Å². The van der Waals surface area contributed by atoms with E-state index in [1.54, 1.807) is 36.5 Å². The van der Waals surface area contributed by atoms with Crippen LogP contribution in [0.3, 0.4) is 0 Å². The fourth-order valence-corrected chi connectivity index (χ4v) is 3.19. The van der Waals surface area contributed by atoms with Crippen LogP contribution < -0.4 is 10.1 Å². The Kier molecular flexibility index (Phi) is 6.38. The lowest BCUT2D eigenvalue weighted by molar-refractivity contribution is 0.0951.